The van der Waals surface area contributed by atoms with Gasteiger partial charge in [0.05, 0.1) is 25.4 Å². The van der Waals surface area contributed by atoms with Crippen molar-refractivity contribution in [3.05, 3.63) is 69.2 Å². The molecule has 35 heavy (non-hydrogen) atoms. The number of rotatable bonds is 11. The minimum Gasteiger partial charge on any atom is -0.466 e. The molecule has 0 spiro atoms. The number of esters is 1. The molecule has 0 radical (unpaired) electrons. The molecular weight excluding hydrogens is 510 g/mol. The molecule has 2 aromatic rings. The van der Waals surface area contributed by atoms with Crippen LogP contribution in [-0.4, -0.2) is 36.6 Å². The van der Waals surface area contributed by atoms with Crippen molar-refractivity contribution < 1.29 is 19.1 Å². The van der Waals surface area contributed by atoms with E-state index in [1.807, 2.05) is 18.2 Å². The molecule has 0 saturated carbocycles. The second kappa shape index (κ2) is 12.6. The molecule has 0 aliphatic heterocycles. The highest BCUT2D eigenvalue weighted by atomic mass is 79.9. The number of amides is 1. The van der Waals surface area contributed by atoms with Crippen LogP contribution in [0.3, 0.4) is 0 Å². The Kier molecular flexibility index (Phi) is 10.2. The van der Waals surface area contributed by atoms with Crippen LogP contribution in [0.25, 0.3) is 0 Å². The molecule has 0 saturated heterocycles. The van der Waals surface area contributed by atoms with Crippen molar-refractivity contribution in [2.75, 3.05) is 13.2 Å². The minimum atomic E-state index is -0.386. The van der Waals surface area contributed by atoms with Crippen LogP contribution in [0.2, 0.25) is 0 Å². The average Bonchev–Trinajstić information content (AvgIpc) is 2.76. The normalized spacial score (nSPS) is 12.0. The first-order valence-electron chi connectivity index (χ1n) is 11.6. The highest BCUT2D eigenvalue weighted by molar-refractivity contribution is 9.10. The molecule has 0 fully saturated rings. The number of ether oxygens (including phenoxy) is 1. The zero-order valence-electron chi connectivity index (χ0n) is 20.7. The first kappa shape index (κ1) is 28.2. The third-order valence-corrected chi connectivity index (χ3v) is 5.94. The van der Waals surface area contributed by atoms with Crippen LogP contribution in [0.4, 0.5) is 0 Å². The molecule has 0 bridgehead atoms. The van der Waals surface area contributed by atoms with Crippen molar-refractivity contribution in [1.29, 1.82) is 5.41 Å². The van der Waals surface area contributed by atoms with Crippen molar-refractivity contribution in [1.82, 2.24) is 5.32 Å². The SMILES string of the molecule is CCOC(=O)C[C@H](CC(=O)CNC(=O)c1cccc(CC(=N)N)c1)c1cc(Br)cc(C(C)(C)C)c1. The Morgan fingerprint density at radius 2 is 1.83 bits per heavy atom. The zero-order chi connectivity index (χ0) is 26.2. The number of Topliss-reactive ketones (excluding diaryl/α,β-unsaturated/α-hetero) is 1. The summed E-state index contributed by atoms with van der Waals surface area (Å²) in [6.45, 7) is 8.16. The van der Waals surface area contributed by atoms with Crippen LogP contribution < -0.4 is 11.1 Å². The first-order chi connectivity index (χ1) is 16.4. The molecule has 0 heterocycles. The van der Waals surface area contributed by atoms with E-state index >= 15 is 0 Å². The van der Waals surface area contributed by atoms with Gasteiger partial charge in [0.1, 0.15) is 0 Å². The molecule has 0 unspecified atom stereocenters. The first-order valence-corrected chi connectivity index (χ1v) is 12.4. The van der Waals surface area contributed by atoms with Gasteiger partial charge in [0, 0.05) is 28.8 Å². The van der Waals surface area contributed by atoms with Crippen molar-refractivity contribution in [3.8, 4) is 0 Å². The van der Waals surface area contributed by atoms with Gasteiger partial charge < -0.3 is 15.8 Å². The minimum absolute atomic E-state index is 0.00699. The number of nitrogens with one attached hydrogen (secondary N) is 2. The summed E-state index contributed by atoms with van der Waals surface area (Å²) in [5.74, 6) is -1.31. The highest BCUT2D eigenvalue weighted by Crippen LogP contribution is 2.32. The molecule has 0 aromatic heterocycles. The van der Waals surface area contributed by atoms with Crippen LogP contribution in [0, 0.1) is 5.41 Å². The lowest BCUT2D eigenvalue weighted by atomic mass is 9.83. The third kappa shape index (κ3) is 9.28. The summed E-state index contributed by atoms with van der Waals surface area (Å²) in [5.41, 5.74) is 8.42. The topological polar surface area (TPSA) is 122 Å². The number of nitrogens with two attached hydrogens (primary N) is 1. The Balaban J connectivity index is 2.15. The summed E-state index contributed by atoms with van der Waals surface area (Å²) >= 11 is 3.55. The van der Waals surface area contributed by atoms with E-state index in [9.17, 15) is 14.4 Å². The quantitative estimate of drug-likeness (QED) is 0.216. The molecule has 8 heteroatoms. The number of carbonyl (C=O) groups excluding carboxylic acids is 3. The number of carbonyl (C=O) groups is 3. The van der Waals surface area contributed by atoms with E-state index < -0.39 is 0 Å². The Bertz CT molecular complexity index is 1090. The number of ketones is 1. The van der Waals surface area contributed by atoms with E-state index in [1.54, 1.807) is 31.2 Å². The van der Waals surface area contributed by atoms with Gasteiger partial charge in [0.2, 0.25) is 0 Å². The molecule has 188 valence electrons. The summed E-state index contributed by atoms with van der Waals surface area (Å²) in [6.07, 6.45) is 0.406. The second-order valence-electron chi connectivity index (χ2n) is 9.56. The lowest BCUT2D eigenvalue weighted by Gasteiger charge is -2.23. The fourth-order valence-electron chi connectivity index (χ4n) is 3.68. The van der Waals surface area contributed by atoms with Crippen LogP contribution in [0.15, 0.2) is 46.9 Å². The summed E-state index contributed by atoms with van der Waals surface area (Å²) in [4.78, 5) is 37.7. The van der Waals surface area contributed by atoms with Gasteiger partial charge in [-0.3, -0.25) is 19.8 Å². The number of hydrogen-bond acceptors (Lipinski definition) is 5. The standard InChI is InChI=1S/C27H34BrN3O4/c1-5-35-25(33)14-20(19-11-21(27(2,3)4)15-22(28)12-19)13-23(32)16-31-26(34)18-8-6-7-17(9-18)10-24(29)30/h6-9,11-12,15,20H,5,10,13-14,16H2,1-4H3,(H3,29,30)(H,31,34)/t20-/m0/s1. The molecule has 1 atom stereocenters. The van der Waals surface area contributed by atoms with E-state index in [0.717, 1.165) is 21.2 Å². The largest absolute Gasteiger partial charge is 0.466 e. The van der Waals surface area contributed by atoms with Crippen molar-refractivity contribution >= 4 is 39.4 Å². The van der Waals surface area contributed by atoms with Crippen molar-refractivity contribution in [3.63, 3.8) is 0 Å². The zero-order valence-corrected chi connectivity index (χ0v) is 22.3. The maximum absolute atomic E-state index is 12.9. The molecule has 1 amide bonds. The van der Waals surface area contributed by atoms with Crippen molar-refractivity contribution in [2.24, 2.45) is 5.73 Å². The molecule has 2 rings (SSSR count). The van der Waals surface area contributed by atoms with Gasteiger partial charge in [-0.15, -0.1) is 0 Å². The van der Waals surface area contributed by atoms with E-state index in [0.29, 0.717) is 5.56 Å². The fourth-order valence-corrected chi connectivity index (χ4v) is 4.19. The van der Waals surface area contributed by atoms with Gasteiger partial charge in [0.25, 0.3) is 5.91 Å². The molecule has 0 aliphatic carbocycles. The summed E-state index contributed by atoms with van der Waals surface area (Å²) in [7, 11) is 0. The van der Waals surface area contributed by atoms with Gasteiger partial charge in [-0.2, -0.15) is 0 Å². The summed E-state index contributed by atoms with van der Waals surface area (Å²) < 4.78 is 6.02. The maximum atomic E-state index is 12.9. The van der Waals surface area contributed by atoms with Crippen LogP contribution in [-0.2, 0) is 26.2 Å². The Labute approximate surface area is 215 Å². The van der Waals surface area contributed by atoms with E-state index in [4.69, 9.17) is 15.9 Å². The highest BCUT2D eigenvalue weighted by Gasteiger charge is 2.24. The van der Waals surface area contributed by atoms with Crippen LogP contribution >= 0.6 is 15.9 Å². The number of amidine groups is 1. The summed E-state index contributed by atoms with van der Waals surface area (Å²) in [5, 5.41) is 10.1. The smallest absolute Gasteiger partial charge is 0.306 e. The molecule has 4 N–H and O–H groups in total. The van der Waals surface area contributed by atoms with Gasteiger partial charge >= 0.3 is 5.97 Å². The summed E-state index contributed by atoms with van der Waals surface area (Å²) in [6, 6.07) is 12.8. The average molecular weight is 544 g/mol. The van der Waals surface area contributed by atoms with E-state index in [1.165, 1.54) is 0 Å². The fraction of sp³-hybridized carbons (Fsp3) is 0.407. The second-order valence-corrected chi connectivity index (χ2v) is 10.5. The van der Waals surface area contributed by atoms with Gasteiger partial charge in [-0.05, 0) is 53.3 Å². The molecule has 0 aliphatic rings. The number of halogens is 1. The lowest BCUT2D eigenvalue weighted by molar-refractivity contribution is -0.143. The monoisotopic (exact) mass is 543 g/mol. The van der Waals surface area contributed by atoms with E-state index in [2.05, 4.69) is 42.0 Å². The Hall–Kier alpha value is -3.00. The number of hydrogen-bond donors (Lipinski definition) is 3. The molecule has 7 nitrogen and oxygen atoms in total. The third-order valence-electron chi connectivity index (χ3n) is 5.48. The predicted octanol–water partition coefficient (Wildman–Crippen LogP) is 4.65. The van der Waals surface area contributed by atoms with E-state index in [-0.39, 0.29) is 67.2 Å². The Morgan fingerprint density at radius 3 is 2.46 bits per heavy atom. The van der Waals surface area contributed by atoms with Crippen LogP contribution in [0.1, 0.15) is 73.5 Å². The lowest BCUT2D eigenvalue weighted by Crippen LogP contribution is -2.30. The van der Waals surface area contributed by atoms with Gasteiger partial charge in [-0.25, -0.2) is 0 Å². The molecular formula is C27H34BrN3O4. The molecule has 2 aromatic carbocycles. The predicted molar refractivity (Wildman–Crippen MR) is 141 cm³/mol. The van der Waals surface area contributed by atoms with Gasteiger partial charge in [-0.1, -0.05) is 54.9 Å². The van der Waals surface area contributed by atoms with Crippen molar-refractivity contribution in [2.45, 2.75) is 58.3 Å². The number of benzene rings is 2. The van der Waals surface area contributed by atoms with Crippen LogP contribution in [0.5, 0.6) is 0 Å². The maximum Gasteiger partial charge on any atom is 0.306 e. The van der Waals surface area contributed by atoms with Gasteiger partial charge in [0.15, 0.2) is 5.78 Å². The Morgan fingerprint density at radius 1 is 1.11 bits per heavy atom.